The number of hydrogen-bond donors (Lipinski definition) is 2. The average molecular weight is 381 g/mol. The first-order valence-corrected chi connectivity index (χ1v) is 9.96. The van der Waals surface area contributed by atoms with Crippen molar-refractivity contribution in [3.63, 3.8) is 0 Å². The van der Waals surface area contributed by atoms with Crippen LogP contribution >= 0.6 is 0 Å². The van der Waals surface area contributed by atoms with Gasteiger partial charge >= 0.3 is 6.09 Å². The van der Waals surface area contributed by atoms with E-state index >= 15 is 0 Å². The number of nitrogens with one attached hydrogen (secondary N) is 1. The highest BCUT2D eigenvalue weighted by molar-refractivity contribution is 5.67. The molecule has 0 fully saturated rings. The van der Waals surface area contributed by atoms with E-state index in [1.54, 1.807) is 0 Å². The molecule has 1 heterocycles. The van der Waals surface area contributed by atoms with Crippen LogP contribution in [0.1, 0.15) is 97.3 Å². The Labute approximate surface area is 163 Å². The zero-order valence-electron chi connectivity index (χ0n) is 17.7. The molecule has 2 rings (SSSR count). The second kappa shape index (κ2) is 11.1. The molecule has 0 spiro atoms. The SMILES string of the molecule is CC.CC1=CCC(c2noc(C(N)CCCCNC(=O)OC(C)(C)C)n2)C1. The van der Waals surface area contributed by atoms with Crippen LogP contribution in [0.15, 0.2) is 16.2 Å². The normalized spacial score (nSPS) is 17.6. The van der Waals surface area contributed by atoms with E-state index in [-0.39, 0.29) is 12.1 Å². The van der Waals surface area contributed by atoms with Gasteiger partial charge < -0.3 is 20.3 Å². The summed E-state index contributed by atoms with van der Waals surface area (Å²) < 4.78 is 10.5. The lowest BCUT2D eigenvalue weighted by molar-refractivity contribution is 0.0527. The Hall–Kier alpha value is -1.89. The van der Waals surface area contributed by atoms with Gasteiger partial charge in [0, 0.05) is 12.5 Å². The summed E-state index contributed by atoms with van der Waals surface area (Å²) in [5.74, 6) is 1.58. The molecule has 0 saturated carbocycles. The van der Waals surface area contributed by atoms with Gasteiger partial charge in [0.1, 0.15) is 5.60 Å². The van der Waals surface area contributed by atoms with E-state index in [9.17, 15) is 4.79 Å². The summed E-state index contributed by atoms with van der Waals surface area (Å²) >= 11 is 0. The van der Waals surface area contributed by atoms with E-state index in [1.165, 1.54) is 5.57 Å². The number of alkyl carbamates (subject to hydrolysis) is 1. The number of hydrogen-bond acceptors (Lipinski definition) is 6. The van der Waals surface area contributed by atoms with E-state index in [0.29, 0.717) is 18.4 Å². The van der Waals surface area contributed by atoms with Crippen LogP contribution in [0.2, 0.25) is 0 Å². The molecule has 0 saturated heterocycles. The third kappa shape index (κ3) is 8.56. The van der Waals surface area contributed by atoms with Crippen molar-refractivity contribution in [2.24, 2.45) is 5.73 Å². The highest BCUT2D eigenvalue weighted by Gasteiger charge is 2.23. The van der Waals surface area contributed by atoms with Crippen molar-refractivity contribution in [2.45, 2.75) is 91.2 Å². The van der Waals surface area contributed by atoms with Crippen molar-refractivity contribution in [1.82, 2.24) is 15.5 Å². The zero-order valence-corrected chi connectivity index (χ0v) is 17.7. The van der Waals surface area contributed by atoms with Crippen molar-refractivity contribution in [1.29, 1.82) is 0 Å². The predicted molar refractivity (Wildman–Crippen MR) is 106 cm³/mol. The molecule has 7 heteroatoms. The first kappa shape index (κ1) is 23.1. The maximum Gasteiger partial charge on any atom is 0.407 e. The van der Waals surface area contributed by atoms with Crippen LogP contribution in [0.25, 0.3) is 0 Å². The third-order valence-corrected chi connectivity index (χ3v) is 4.07. The van der Waals surface area contributed by atoms with Crippen LogP contribution in [-0.4, -0.2) is 28.4 Å². The van der Waals surface area contributed by atoms with Crippen LogP contribution in [0, 0.1) is 0 Å². The average Bonchev–Trinajstić information content (AvgIpc) is 3.23. The van der Waals surface area contributed by atoms with Gasteiger partial charge in [-0.2, -0.15) is 4.98 Å². The minimum Gasteiger partial charge on any atom is -0.444 e. The molecular weight excluding hydrogens is 344 g/mol. The van der Waals surface area contributed by atoms with Crippen molar-refractivity contribution in [3.8, 4) is 0 Å². The first-order valence-electron chi connectivity index (χ1n) is 9.96. The predicted octanol–water partition coefficient (Wildman–Crippen LogP) is 4.61. The van der Waals surface area contributed by atoms with E-state index in [2.05, 4.69) is 28.5 Å². The Morgan fingerprint density at radius 2 is 2.11 bits per heavy atom. The van der Waals surface area contributed by atoms with Crippen LogP contribution < -0.4 is 11.1 Å². The molecule has 0 bridgehead atoms. The summed E-state index contributed by atoms with van der Waals surface area (Å²) in [4.78, 5) is 16.0. The number of allylic oxidation sites excluding steroid dienone is 2. The molecule has 1 aliphatic rings. The molecule has 27 heavy (non-hydrogen) atoms. The van der Waals surface area contributed by atoms with E-state index in [0.717, 1.165) is 37.9 Å². The molecule has 0 radical (unpaired) electrons. The van der Waals surface area contributed by atoms with Gasteiger partial charge in [0.25, 0.3) is 0 Å². The fourth-order valence-electron chi connectivity index (χ4n) is 2.78. The van der Waals surface area contributed by atoms with Crippen molar-refractivity contribution >= 4 is 6.09 Å². The molecule has 0 aromatic carbocycles. The summed E-state index contributed by atoms with van der Waals surface area (Å²) in [6.45, 7) is 12.2. The van der Waals surface area contributed by atoms with E-state index < -0.39 is 5.60 Å². The Morgan fingerprint density at radius 3 is 2.70 bits per heavy atom. The van der Waals surface area contributed by atoms with Gasteiger partial charge in [0.05, 0.1) is 6.04 Å². The molecule has 2 atom stereocenters. The number of amides is 1. The van der Waals surface area contributed by atoms with Crippen LogP contribution in [0.4, 0.5) is 4.79 Å². The number of nitrogens with two attached hydrogens (primary N) is 1. The third-order valence-electron chi connectivity index (χ3n) is 4.07. The zero-order chi connectivity index (χ0) is 20.4. The lowest BCUT2D eigenvalue weighted by Gasteiger charge is -2.19. The molecule has 7 nitrogen and oxygen atoms in total. The number of unbranched alkanes of at least 4 members (excludes halogenated alkanes) is 1. The number of aromatic nitrogens is 2. The minimum absolute atomic E-state index is 0.266. The van der Waals surface area contributed by atoms with Gasteiger partial charge in [-0.15, -0.1) is 0 Å². The molecule has 0 aliphatic heterocycles. The maximum atomic E-state index is 11.5. The smallest absolute Gasteiger partial charge is 0.407 e. The Kier molecular flexibility index (Phi) is 9.49. The van der Waals surface area contributed by atoms with Crippen molar-refractivity contribution in [2.75, 3.05) is 6.54 Å². The number of rotatable bonds is 7. The van der Waals surface area contributed by atoms with Gasteiger partial charge in [0.15, 0.2) is 5.82 Å². The topological polar surface area (TPSA) is 103 Å². The van der Waals surface area contributed by atoms with Crippen molar-refractivity contribution < 1.29 is 14.1 Å². The molecule has 1 aliphatic carbocycles. The number of carbonyl (C=O) groups is 1. The van der Waals surface area contributed by atoms with Gasteiger partial charge in [-0.05, 0) is 59.8 Å². The van der Waals surface area contributed by atoms with Gasteiger partial charge in [-0.1, -0.05) is 30.7 Å². The number of carbonyl (C=O) groups excluding carboxylic acids is 1. The minimum atomic E-state index is -0.477. The number of nitrogens with zero attached hydrogens (tertiary/aromatic N) is 2. The Balaban J connectivity index is 0.00000176. The second-order valence-electron chi connectivity index (χ2n) is 7.71. The standard InChI is InChI=1S/C18H30N4O3.C2H6/c1-12-8-9-13(11-12)15-21-16(25-22-15)14(19)7-5-6-10-20-17(23)24-18(2,3)4;1-2/h8,13-14H,5-7,9-11,19H2,1-4H3,(H,20,23);1-2H3. The van der Waals surface area contributed by atoms with Crippen LogP contribution in [0.5, 0.6) is 0 Å². The first-order chi connectivity index (χ1) is 12.7. The molecule has 1 aromatic heterocycles. The Bertz CT molecular complexity index is 605. The van der Waals surface area contributed by atoms with Crippen molar-refractivity contribution in [3.05, 3.63) is 23.4 Å². The molecule has 154 valence electrons. The quantitative estimate of drug-likeness (QED) is 0.528. The highest BCUT2D eigenvalue weighted by atomic mass is 16.6. The Morgan fingerprint density at radius 1 is 1.41 bits per heavy atom. The summed E-state index contributed by atoms with van der Waals surface area (Å²) in [5.41, 5.74) is 7.03. The monoisotopic (exact) mass is 380 g/mol. The lowest BCUT2D eigenvalue weighted by Crippen LogP contribution is -2.33. The summed E-state index contributed by atoms with van der Waals surface area (Å²) in [6, 6.07) is -0.266. The van der Waals surface area contributed by atoms with E-state index in [4.69, 9.17) is 15.0 Å². The molecule has 2 unspecified atom stereocenters. The summed E-state index contributed by atoms with van der Waals surface area (Å²) in [6.07, 6.45) is 6.20. The van der Waals surface area contributed by atoms with Gasteiger partial charge in [0.2, 0.25) is 5.89 Å². The number of ether oxygens (including phenoxy) is 1. The fourth-order valence-corrected chi connectivity index (χ4v) is 2.78. The highest BCUT2D eigenvalue weighted by Crippen LogP contribution is 2.32. The second-order valence-corrected chi connectivity index (χ2v) is 7.71. The van der Waals surface area contributed by atoms with Gasteiger partial charge in [-0.25, -0.2) is 4.79 Å². The molecular formula is C20H36N4O3. The van der Waals surface area contributed by atoms with Crippen LogP contribution in [-0.2, 0) is 4.74 Å². The summed E-state index contributed by atoms with van der Waals surface area (Å²) in [7, 11) is 0. The van der Waals surface area contributed by atoms with E-state index in [1.807, 2.05) is 34.6 Å². The lowest BCUT2D eigenvalue weighted by atomic mass is 10.1. The molecule has 1 amide bonds. The van der Waals surface area contributed by atoms with Crippen LogP contribution in [0.3, 0.4) is 0 Å². The molecule has 1 aromatic rings. The summed E-state index contributed by atoms with van der Waals surface area (Å²) in [5, 5.41) is 6.82. The van der Waals surface area contributed by atoms with Gasteiger partial charge in [-0.3, -0.25) is 0 Å². The largest absolute Gasteiger partial charge is 0.444 e. The fraction of sp³-hybridized carbons (Fsp3) is 0.750. The maximum absolute atomic E-state index is 11.5. The molecule has 3 N–H and O–H groups in total.